The number of hydrogen-bond donors (Lipinski definition) is 1. The van der Waals surface area contributed by atoms with Gasteiger partial charge in [-0.3, -0.25) is 9.69 Å². The predicted molar refractivity (Wildman–Crippen MR) is 80.6 cm³/mol. The Morgan fingerprint density at radius 1 is 1.09 bits per heavy atom. The molecule has 6 nitrogen and oxygen atoms in total. The average molecular weight is 310 g/mol. The molecule has 1 amide bonds. The van der Waals surface area contributed by atoms with Gasteiger partial charge in [0.1, 0.15) is 6.04 Å². The highest BCUT2D eigenvalue weighted by atomic mass is 16.5. The van der Waals surface area contributed by atoms with Crippen molar-refractivity contribution in [3.8, 4) is 0 Å². The zero-order chi connectivity index (χ0) is 15.6. The Balaban J connectivity index is 1.70. The number of amides is 1. The highest BCUT2D eigenvalue weighted by Crippen LogP contribution is 2.39. The van der Waals surface area contributed by atoms with Crippen molar-refractivity contribution in [1.82, 2.24) is 9.80 Å². The first-order valence-electron chi connectivity index (χ1n) is 8.47. The monoisotopic (exact) mass is 310 g/mol. The number of rotatable bonds is 4. The van der Waals surface area contributed by atoms with E-state index >= 15 is 0 Å². The SMILES string of the molecule is O=C(O)[C@@H]1CCCN1C(=O)CC1(N2CCOCC2)CCCC1. The van der Waals surface area contributed by atoms with Gasteiger partial charge in [-0.2, -0.15) is 0 Å². The zero-order valence-corrected chi connectivity index (χ0v) is 13.1. The molecule has 3 rings (SSSR count). The molecule has 0 bridgehead atoms. The van der Waals surface area contributed by atoms with E-state index in [0.717, 1.165) is 58.4 Å². The second-order valence-corrected chi connectivity index (χ2v) is 6.79. The Kier molecular flexibility index (Phi) is 4.68. The van der Waals surface area contributed by atoms with Gasteiger partial charge in [0.25, 0.3) is 0 Å². The van der Waals surface area contributed by atoms with Gasteiger partial charge in [-0.05, 0) is 25.7 Å². The van der Waals surface area contributed by atoms with Crippen LogP contribution in [0.2, 0.25) is 0 Å². The third-order valence-corrected chi connectivity index (χ3v) is 5.55. The van der Waals surface area contributed by atoms with Gasteiger partial charge in [-0.25, -0.2) is 4.79 Å². The number of aliphatic carboxylic acids is 1. The van der Waals surface area contributed by atoms with Crippen LogP contribution in [0.1, 0.15) is 44.9 Å². The fourth-order valence-corrected chi connectivity index (χ4v) is 4.38. The highest BCUT2D eigenvalue weighted by Gasteiger charge is 2.44. The van der Waals surface area contributed by atoms with Crippen LogP contribution in [0.4, 0.5) is 0 Å². The summed E-state index contributed by atoms with van der Waals surface area (Å²) >= 11 is 0. The van der Waals surface area contributed by atoms with Crippen molar-refractivity contribution in [3.05, 3.63) is 0 Å². The lowest BCUT2D eigenvalue weighted by molar-refractivity contribution is -0.149. The zero-order valence-electron chi connectivity index (χ0n) is 13.1. The summed E-state index contributed by atoms with van der Waals surface area (Å²) in [5.41, 5.74) is -0.0630. The number of hydrogen-bond acceptors (Lipinski definition) is 4. The fraction of sp³-hybridized carbons (Fsp3) is 0.875. The van der Waals surface area contributed by atoms with E-state index < -0.39 is 12.0 Å². The minimum atomic E-state index is -0.863. The number of carboxylic acid groups (broad SMARTS) is 1. The highest BCUT2D eigenvalue weighted by molar-refractivity contribution is 5.85. The van der Waals surface area contributed by atoms with Crippen LogP contribution in [0.5, 0.6) is 0 Å². The summed E-state index contributed by atoms with van der Waals surface area (Å²) in [6.07, 6.45) is 6.27. The van der Waals surface area contributed by atoms with E-state index in [9.17, 15) is 14.7 Å². The number of morpholine rings is 1. The first kappa shape index (κ1) is 15.7. The molecule has 3 aliphatic rings. The lowest BCUT2D eigenvalue weighted by atomic mass is 9.89. The molecule has 6 heteroatoms. The molecule has 0 aromatic carbocycles. The first-order valence-corrected chi connectivity index (χ1v) is 8.47. The molecule has 1 saturated carbocycles. The van der Waals surface area contributed by atoms with Crippen LogP contribution < -0.4 is 0 Å². The van der Waals surface area contributed by atoms with Crippen LogP contribution in [0.25, 0.3) is 0 Å². The first-order chi connectivity index (χ1) is 10.6. The van der Waals surface area contributed by atoms with Crippen molar-refractivity contribution >= 4 is 11.9 Å². The largest absolute Gasteiger partial charge is 0.480 e. The fourth-order valence-electron chi connectivity index (χ4n) is 4.38. The quantitative estimate of drug-likeness (QED) is 0.842. The van der Waals surface area contributed by atoms with Gasteiger partial charge in [0, 0.05) is 31.6 Å². The summed E-state index contributed by atoms with van der Waals surface area (Å²) in [5.74, 6) is -0.837. The molecule has 1 N–H and O–H groups in total. The Bertz CT molecular complexity index is 428. The molecule has 0 aromatic heterocycles. The average Bonchev–Trinajstić information content (AvgIpc) is 3.18. The van der Waals surface area contributed by atoms with E-state index in [2.05, 4.69) is 4.90 Å². The summed E-state index contributed by atoms with van der Waals surface area (Å²) in [4.78, 5) is 28.1. The van der Waals surface area contributed by atoms with Crippen LogP contribution in [0.3, 0.4) is 0 Å². The van der Waals surface area contributed by atoms with Crippen molar-refractivity contribution < 1.29 is 19.4 Å². The van der Waals surface area contributed by atoms with Crippen LogP contribution >= 0.6 is 0 Å². The molecule has 0 aromatic rings. The summed E-state index contributed by atoms with van der Waals surface area (Å²) in [6.45, 7) is 3.83. The van der Waals surface area contributed by atoms with E-state index in [4.69, 9.17) is 4.74 Å². The van der Waals surface area contributed by atoms with Gasteiger partial charge in [0.2, 0.25) is 5.91 Å². The summed E-state index contributed by atoms with van der Waals surface area (Å²) in [6, 6.07) is -0.615. The van der Waals surface area contributed by atoms with Gasteiger partial charge < -0.3 is 14.7 Å². The number of carbonyl (C=O) groups excluding carboxylic acids is 1. The second-order valence-electron chi connectivity index (χ2n) is 6.79. The molecule has 3 fully saturated rings. The molecule has 1 aliphatic carbocycles. The Morgan fingerprint density at radius 2 is 1.77 bits per heavy atom. The Hall–Kier alpha value is -1.14. The number of nitrogens with zero attached hydrogens (tertiary/aromatic N) is 2. The summed E-state index contributed by atoms with van der Waals surface area (Å²) < 4.78 is 5.44. The molecular weight excluding hydrogens is 284 g/mol. The van der Waals surface area contributed by atoms with Crippen LogP contribution in [0.15, 0.2) is 0 Å². The van der Waals surface area contributed by atoms with Crippen LogP contribution in [-0.4, -0.2) is 71.2 Å². The molecule has 0 radical (unpaired) electrons. The standard InChI is InChI=1S/C16H26N2O4/c19-14(18-7-3-4-13(18)15(20)21)12-16(5-1-2-6-16)17-8-10-22-11-9-17/h13H,1-12H2,(H,20,21)/t13-/m0/s1. The molecule has 2 saturated heterocycles. The number of carbonyl (C=O) groups is 2. The summed E-state index contributed by atoms with van der Waals surface area (Å²) in [7, 11) is 0. The third-order valence-electron chi connectivity index (χ3n) is 5.55. The topological polar surface area (TPSA) is 70.1 Å². The van der Waals surface area contributed by atoms with Crippen molar-refractivity contribution in [2.24, 2.45) is 0 Å². The molecule has 22 heavy (non-hydrogen) atoms. The maximum absolute atomic E-state index is 12.8. The molecule has 2 heterocycles. The summed E-state index contributed by atoms with van der Waals surface area (Å²) in [5, 5.41) is 9.29. The Morgan fingerprint density at radius 3 is 2.41 bits per heavy atom. The number of carboxylic acids is 1. The van der Waals surface area contributed by atoms with Gasteiger partial charge in [-0.15, -0.1) is 0 Å². The molecule has 1 atom stereocenters. The number of ether oxygens (including phenoxy) is 1. The molecule has 0 unspecified atom stereocenters. The van der Waals surface area contributed by atoms with Crippen molar-refractivity contribution in [3.63, 3.8) is 0 Å². The third kappa shape index (κ3) is 2.99. The van der Waals surface area contributed by atoms with Crippen molar-refractivity contribution in [1.29, 1.82) is 0 Å². The lowest BCUT2D eigenvalue weighted by Gasteiger charge is -2.44. The maximum atomic E-state index is 12.8. The predicted octanol–water partition coefficient (Wildman–Crippen LogP) is 1.10. The Labute approximate surface area is 131 Å². The van der Waals surface area contributed by atoms with Gasteiger partial charge in [0.05, 0.1) is 13.2 Å². The molecule has 2 aliphatic heterocycles. The van der Waals surface area contributed by atoms with Gasteiger partial charge in [-0.1, -0.05) is 12.8 Å². The van der Waals surface area contributed by atoms with E-state index in [0.29, 0.717) is 19.4 Å². The van der Waals surface area contributed by atoms with E-state index in [1.54, 1.807) is 4.90 Å². The molecule has 124 valence electrons. The van der Waals surface area contributed by atoms with E-state index in [1.165, 1.54) is 0 Å². The van der Waals surface area contributed by atoms with Crippen LogP contribution in [-0.2, 0) is 14.3 Å². The molecule has 0 spiro atoms. The number of likely N-dealkylation sites (tertiary alicyclic amines) is 1. The second kappa shape index (κ2) is 6.54. The van der Waals surface area contributed by atoms with E-state index in [1.807, 2.05) is 0 Å². The molecular formula is C16H26N2O4. The lowest BCUT2D eigenvalue weighted by Crippen LogP contribution is -2.55. The maximum Gasteiger partial charge on any atom is 0.326 e. The van der Waals surface area contributed by atoms with E-state index in [-0.39, 0.29) is 11.4 Å². The van der Waals surface area contributed by atoms with Crippen molar-refractivity contribution in [2.75, 3.05) is 32.8 Å². The minimum Gasteiger partial charge on any atom is -0.480 e. The van der Waals surface area contributed by atoms with Gasteiger partial charge in [0.15, 0.2) is 0 Å². The minimum absolute atomic E-state index is 0.0262. The smallest absolute Gasteiger partial charge is 0.326 e. The normalized spacial score (nSPS) is 28.9. The van der Waals surface area contributed by atoms with Crippen molar-refractivity contribution in [2.45, 2.75) is 56.5 Å². The van der Waals surface area contributed by atoms with Gasteiger partial charge >= 0.3 is 5.97 Å². The van der Waals surface area contributed by atoms with Crippen LogP contribution in [0, 0.1) is 0 Å².